The lowest BCUT2D eigenvalue weighted by atomic mass is 10.0. The van der Waals surface area contributed by atoms with E-state index in [1.54, 1.807) is 6.07 Å². The zero-order valence-corrected chi connectivity index (χ0v) is 10.3. The van der Waals surface area contributed by atoms with E-state index < -0.39 is 0 Å². The molecule has 3 heteroatoms. The van der Waals surface area contributed by atoms with Crippen LogP contribution in [0.3, 0.4) is 0 Å². The Morgan fingerprint density at radius 1 is 1.41 bits per heavy atom. The van der Waals surface area contributed by atoms with Gasteiger partial charge in [-0.1, -0.05) is 6.92 Å². The van der Waals surface area contributed by atoms with Gasteiger partial charge in [0.05, 0.1) is 6.61 Å². The molecule has 1 saturated carbocycles. The Bertz CT molecular complexity index is 376. The molecular weight excluding hydrogens is 217 g/mol. The molecule has 2 nitrogen and oxygen atoms in total. The molecule has 1 aromatic carbocycles. The van der Waals surface area contributed by atoms with Gasteiger partial charge in [0.2, 0.25) is 0 Å². The van der Waals surface area contributed by atoms with Gasteiger partial charge >= 0.3 is 0 Å². The van der Waals surface area contributed by atoms with E-state index in [2.05, 4.69) is 0 Å². The Labute approximate surface area is 102 Å². The normalized spacial score (nSPS) is 16.9. The lowest BCUT2D eigenvalue weighted by molar-refractivity contribution is 0.298. The molecule has 0 amide bonds. The summed E-state index contributed by atoms with van der Waals surface area (Å²) in [6.45, 7) is 2.75. The van der Waals surface area contributed by atoms with Crippen LogP contribution < -0.4 is 10.5 Å². The van der Waals surface area contributed by atoms with Gasteiger partial charge in [-0.05, 0) is 49.3 Å². The molecule has 0 saturated heterocycles. The van der Waals surface area contributed by atoms with Gasteiger partial charge in [0, 0.05) is 12.1 Å². The van der Waals surface area contributed by atoms with Gasteiger partial charge in [0.1, 0.15) is 11.6 Å². The number of nitrogens with two attached hydrogens (primary N) is 1. The molecule has 0 radical (unpaired) electrons. The molecule has 1 aliphatic carbocycles. The summed E-state index contributed by atoms with van der Waals surface area (Å²) in [5.74, 6) is 1.08. The third-order valence-electron chi connectivity index (χ3n) is 3.14. The molecule has 2 N–H and O–H groups in total. The van der Waals surface area contributed by atoms with Crippen LogP contribution in [0.1, 0.15) is 31.7 Å². The second-order valence-electron chi connectivity index (χ2n) is 4.92. The molecule has 1 aromatic rings. The van der Waals surface area contributed by atoms with E-state index in [1.807, 2.05) is 13.0 Å². The van der Waals surface area contributed by atoms with Crippen molar-refractivity contribution in [1.29, 1.82) is 0 Å². The van der Waals surface area contributed by atoms with E-state index in [0.717, 1.165) is 12.0 Å². The third kappa shape index (κ3) is 4.00. The predicted molar refractivity (Wildman–Crippen MR) is 66.6 cm³/mol. The quantitative estimate of drug-likeness (QED) is 0.825. The molecule has 1 aliphatic rings. The van der Waals surface area contributed by atoms with Crippen LogP contribution in [0.25, 0.3) is 0 Å². The second-order valence-corrected chi connectivity index (χ2v) is 4.92. The molecule has 0 aliphatic heterocycles. The van der Waals surface area contributed by atoms with Crippen LogP contribution in [0, 0.1) is 11.7 Å². The minimum atomic E-state index is -0.239. The first-order valence-corrected chi connectivity index (χ1v) is 6.35. The fourth-order valence-electron chi connectivity index (χ4n) is 1.77. The monoisotopic (exact) mass is 237 g/mol. The van der Waals surface area contributed by atoms with Gasteiger partial charge in [-0.3, -0.25) is 0 Å². The summed E-state index contributed by atoms with van der Waals surface area (Å²) in [5.41, 5.74) is 6.80. The Morgan fingerprint density at radius 3 is 2.82 bits per heavy atom. The van der Waals surface area contributed by atoms with Crippen molar-refractivity contribution in [2.75, 3.05) is 6.61 Å². The maximum absolute atomic E-state index is 13.4. The first-order chi connectivity index (χ1) is 8.17. The van der Waals surface area contributed by atoms with Crippen molar-refractivity contribution in [1.82, 2.24) is 0 Å². The first-order valence-electron chi connectivity index (χ1n) is 6.35. The van der Waals surface area contributed by atoms with Gasteiger partial charge in [-0.2, -0.15) is 0 Å². The molecule has 2 rings (SSSR count). The zero-order chi connectivity index (χ0) is 12.3. The van der Waals surface area contributed by atoms with E-state index in [-0.39, 0.29) is 11.9 Å². The molecule has 0 aromatic heterocycles. The van der Waals surface area contributed by atoms with Gasteiger partial charge in [-0.15, -0.1) is 0 Å². The number of rotatable bonds is 6. The van der Waals surface area contributed by atoms with Crippen molar-refractivity contribution in [3.8, 4) is 5.75 Å². The number of halogens is 1. The summed E-state index contributed by atoms with van der Waals surface area (Å²) < 4.78 is 19.0. The van der Waals surface area contributed by atoms with E-state index in [9.17, 15) is 4.39 Å². The van der Waals surface area contributed by atoms with Crippen molar-refractivity contribution < 1.29 is 9.13 Å². The standard InChI is InChI=1S/C14H20FNO/c1-2-13(16)6-11-5-12(15)8-14(7-11)17-9-10-3-4-10/h5,7-8,10,13H,2-4,6,9,16H2,1H3. The van der Waals surface area contributed by atoms with E-state index >= 15 is 0 Å². The summed E-state index contributed by atoms with van der Waals surface area (Å²) in [6, 6.07) is 4.98. The van der Waals surface area contributed by atoms with E-state index in [1.165, 1.54) is 18.9 Å². The average molecular weight is 237 g/mol. The fourth-order valence-corrected chi connectivity index (χ4v) is 1.77. The minimum absolute atomic E-state index is 0.0908. The van der Waals surface area contributed by atoms with Crippen molar-refractivity contribution in [3.05, 3.63) is 29.6 Å². The Morgan fingerprint density at radius 2 is 2.18 bits per heavy atom. The van der Waals surface area contributed by atoms with Crippen molar-refractivity contribution in [3.63, 3.8) is 0 Å². The highest BCUT2D eigenvalue weighted by atomic mass is 19.1. The Hall–Kier alpha value is -1.09. The summed E-state index contributed by atoms with van der Waals surface area (Å²) >= 11 is 0. The summed E-state index contributed by atoms with van der Waals surface area (Å²) in [6.07, 6.45) is 4.08. The highest BCUT2D eigenvalue weighted by Crippen LogP contribution is 2.30. The average Bonchev–Trinajstić information content (AvgIpc) is 3.09. The lowest BCUT2D eigenvalue weighted by Gasteiger charge is -2.11. The smallest absolute Gasteiger partial charge is 0.127 e. The molecule has 17 heavy (non-hydrogen) atoms. The maximum Gasteiger partial charge on any atom is 0.127 e. The molecule has 1 unspecified atom stereocenters. The van der Waals surface area contributed by atoms with Crippen molar-refractivity contribution in [2.24, 2.45) is 11.7 Å². The number of hydrogen-bond acceptors (Lipinski definition) is 2. The summed E-state index contributed by atoms with van der Waals surface area (Å²) in [4.78, 5) is 0. The van der Waals surface area contributed by atoms with Gasteiger partial charge in [0.15, 0.2) is 0 Å². The SMILES string of the molecule is CCC(N)Cc1cc(F)cc(OCC2CC2)c1. The lowest BCUT2D eigenvalue weighted by Crippen LogP contribution is -2.21. The van der Waals surface area contributed by atoms with Crippen molar-refractivity contribution >= 4 is 0 Å². The highest BCUT2D eigenvalue weighted by Gasteiger charge is 2.22. The minimum Gasteiger partial charge on any atom is -0.493 e. The third-order valence-corrected chi connectivity index (χ3v) is 3.14. The van der Waals surface area contributed by atoms with Crippen LogP contribution in [-0.4, -0.2) is 12.6 Å². The number of benzene rings is 1. The van der Waals surface area contributed by atoms with Crippen LogP contribution in [0.15, 0.2) is 18.2 Å². The van der Waals surface area contributed by atoms with Crippen LogP contribution in [0.4, 0.5) is 4.39 Å². The van der Waals surface area contributed by atoms with Gasteiger partial charge in [-0.25, -0.2) is 4.39 Å². The molecule has 1 atom stereocenters. The van der Waals surface area contributed by atoms with Crippen molar-refractivity contribution in [2.45, 2.75) is 38.6 Å². The van der Waals surface area contributed by atoms with E-state index in [4.69, 9.17) is 10.5 Å². The van der Waals surface area contributed by atoms with Gasteiger partial charge < -0.3 is 10.5 Å². The first kappa shape index (κ1) is 12.4. The number of hydrogen-bond donors (Lipinski definition) is 1. The fraction of sp³-hybridized carbons (Fsp3) is 0.571. The Kier molecular flexibility index (Phi) is 4.00. The molecule has 0 spiro atoms. The van der Waals surface area contributed by atoms with Crippen LogP contribution in [0.5, 0.6) is 5.75 Å². The van der Waals surface area contributed by atoms with Crippen LogP contribution >= 0.6 is 0 Å². The zero-order valence-electron chi connectivity index (χ0n) is 10.3. The largest absolute Gasteiger partial charge is 0.493 e. The van der Waals surface area contributed by atoms with Crippen LogP contribution in [0.2, 0.25) is 0 Å². The van der Waals surface area contributed by atoms with E-state index in [0.29, 0.717) is 24.7 Å². The predicted octanol–water partition coefficient (Wildman–Crippen LogP) is 2.89. The van der Waals surface area contributed by atoms with Gasteiger partial charge in [0.25, 0.3) is 0 Å². The van der Waals surface area contributed by atoms with Crippen LogP contribution in [-0.2, 0) is 6.42 Å². The molecule has 0 heterocycles. The second kappa shape index (κ2) is 5.50. The summed E-state index contributed by atoms with van der Waals surface area (Å²) in [5, 5.41) is 0. The maximum atomic E-state index is 13.4. The molecule has 1 fully saturated rings. The molecule has 94 valence electrons. The molecular formula is C14H20FNO. The summed E-state index contributed by atoms with van der Waals surface area (Å²) in [7, 11) is 0. The molecule has 0 bridgehead atoms. The topological polar surface area (TPSA) is 35.2 Å². The highest BCUT2D eigenvalue weighted by molar-refractivity contribution is 5.30. The number of ether oxygens (including phenoxy) is 1. The Balaban J connectivity index is 1.99.